The smallest absolute Gasteiger partial charge is 0.268 e. The predicted molar refractivity (Wildman–Crippen MR) is 413 cm³/mol. The van der Waals surface area contributed by atoms with E-state index in [0.717, 1.165) is 38.5 Å². The van der Waals surface area contributed by atoms with E-state index in [9.17, 15) is 19.4 Å². The number of nitrogens with zero attached hydrogens (tertiary/aromatic N) is 1. The van der Waals surface area contributed by atoms with Crippen LogP contribution >= 0.6 is 7.82 Å². The number of rotatable bonds is 82. The Labute approximate surface area is 590 Å². The number of unbranched alkanes of at least 4 members (excludes halogenated alkanes) is 69. The van der Waals surface area contributed by atoms with Gasteiger partial charge >= 0.3 is 0 Å². The van der Waals surface area contributed by atoms with E-state index in [-0.39, 0.29) is 19.1 Å². The van der Waals surface area contributed by atoms with Gasteiger partial charge in [0.25, 0.3) is 7.82 Å². The molecule has 0 aromatic rings. The molecule has 9 heteroatoms. The Morgan fingerprint density at radius 1 is 0.362 bits per heavy atom. The molecule has 3 unspecified atom stereocenters. The molecule has 0 aliphatic rings. The van der Waals surface area contributed by atoms with E-state index in [4.69, 9.17) is 9.05 Å². The standard InChI is InChI=1S/C85H171N2O6P/c1-6-8-10-12-14-16-18-20-22-24-26-28-30-32-34-36-38-39-40-41-42-43-44-45-46-47-49-51-53-55-57-59-61-63-65-67-69-71-73-75-77-79-85(89)86-83(82-93-94(90,91)92-81-80-87(3,4)5)84(88)78-76-74-72-70-68-66-64-62-60-58-56-54-52-50-48-37-35-33-31-29-27-25-23-21-19-17-15-13-11-9-7-2/h76,78,83-84,88H,6-75,77,79-82H2,1-5H3,(H-,86,89,90,91)/b78-76+. The third kappa shape index (κ3) is 78.6. The fraction of sp³-hybridized carbons (Fsp3) is 0.965. The number of aliphatic hydroxyl groups excluding tert-OH is 1. The molecule has 3 atom stereocenters. The molecule has 0 bridgehead atoms. The second-order valence-corrected chi connectivity index (χ2v) is 32.7. The molecule has 2 N–H and O–H groups in total. The summed E-state index contributed by atoms with van der Waals surface area (Å²) in [6.07, 6.45) is 101. The number of phosphoric ester groups is 1. The lowest BCUT2D eigenvalue weighted by molar-refractivity contribution is -0.870. The fourth-order valence-corrected chi connectivity index (χ4v) is 14.6. The van der Waals surface area contributed by atoms with Gasteiger partial charge in [-0.25, -0.2) is 0 Å². The number of aliphatic hydroxyl groups is 1. The van der Waals surface area contributed by atoms with Crippen molar-refractivity contribution >= 4 is 13.7 Å². The quantitative estimate of drug-likeness (QED) is 0.0272. The average molecular weight is 1350 g/mol. The number of quaternary nitrogens is 1. The van der Waals surface area contributed by atoms with Gasteiger partial charge in [0.15, 0.2) is 0 Å². The van der Waals surface area contributed by atoms with E-state index in [0.29, 0.717) is 17.4 Å². The number of nitrogens with one attached hydrogen (secondary N) is 1. The highest BCUT2D eigenvalue weighted by molar-refractivity contribution is 7.45. The number of carbonyl (C=O) groups excluding carboxylic acids is 1. The summed E-state index contributed by atoms with van der Waals surface area (Å²) in [6.45, 7) is 4.74. The van der Waals surface area contributed by atoms with E-state index in [1.165, 1.54) is 417 Å². The largest absolute Gasteiger partial charge is 0.756 e. The molecule has 0 aliphatic heterocycles. The second kappa shape index (κ2) is 76.4. The maximum atomic E-state index is 13.1. The van der Waals surface area contributed by atoms with E-state index in [2.05, 4.69) is 19.2 Å². The lowest BCUT2D eigenvalue weighted by atomic mass is 10.0. The summed E-state index contributed by atoms with van der Waals surface area (Å²) in [7, 11) is 1.29. The molecular formula is C85H171N2O6P. The van der Waals surface area contributed by atoms with Crippen LogP contribution in [0.15, 0.2) is 12.2 Å². The number of hydrogen-bond acceptors (Lipinski definition) is 6. The van der Waals surface area contributed by atoms with Crippen molar-refractivity contribution in [1.29, 1.82) is 0 Å². The first-order chi connectivity index (χ1) is 46.0. The van der Waals surface area contributed by atoms with Crippen LogP contribution in [0.1, 0.15) is 476 Å². The van der Waals surface area contributed by atoms with Crippen molar-refractivity contribution in [2.24, 2.45) is 0 Å². The van der Waals surface area contributed by atoms with Crippen molar-refractivity contribution in [1.82, 2.24) is 5.32 Å². The maximum Gasteiger partial charge on any atom is 0.268 e. The van der Waals surface area contributed by atoms with Crippen LogP contribution in [-0.4, -0.2) is 68.5 Å². The highest BCUT2D eigenvalue weighted by atomic mass is 31.2. The van der Waals surface area contributed by atoms with Crippen molar-refractivity contribution in [2.45, 2.75) is 488 Å². The Kier molecular flexibility index (Phi) is 75.8. The van der Waals surface area contributed by atoms with Gasteiger partial charge in [-0.2, -0.15) is 0 Å². The van der Waals surface area contributed by atoms with Gasteiger partial charge in [0.1, 0.15) is 13.2 Å². The minimum absolute atomic E-state index is 0.00323. The topological polar surface area (TPSA) is 108 Å². The van der Waals surface area contributed by atoms with E-state index >= 15 is 0 Å². The molecule has 94 heavy (non-hydrogen) atoms. The third-order valence-corrected chi connectivity index (χ3v) is 21.5. The molecule has 1 amide bonds. The van der Waals surface area contributed by atoms with Gasteiger partial charge in [0, 0.05) is 6.42 Å². The molecular weight excluding hydrogens is 1180 g/mol. The number of allylic oxidation sites excluding steroid dienone is 1. The summed E-state index contributed by atoms with van der Waals surface area (Å²) in [5.74, 6) is -0.185. The molecule has 0 aromatic heterocycles. The van der Waals surface area contributed by atoms with Crippen LogP contribution in [0.5, 0.6) is 0 Å². The van der Waals surface area contributed by atoms with Gasteiger partial charge in [-0.3, -0.25) is 9.36 Å². The van der Waals surface area contributed by atoms with E-state index < -0.39 is 20.0 Å². The summed E-state index contributed by atoms with van der Waals surface area (Å²) >= 11 is 0. The van der Waals surface area contributed by atoms with Crippen LogP contribution in [0, 0.1) is 0 Å². The number of phosphoric acid groups is 1. The van der Waals surface area contributed by atoms with Gasteiger partial charge in [-0.1, -0.05) is 463 Å². The molecule has 0 saturated heterocycles. The number of likely N-dealkylation sites (N-methyl/N-ethyl adjacent to an activating group) is 1. The molecule has 562 valence electrons. The second-order valence-electron chi connectivity index (χ2n) is 31.3. The molecule has 0 saturated carbocycles. The minimum atomic E-state index is -4.61. The Balaban J connectivity index is 3.86. The van der Waals surface area contributed by atoms with Crippen molar-refractivity contribution in [3.63, 3.8) is 0 Å². The lowest BCUT2D eigenvalue weighted by Crippen LogP contribution is -2.45. The summed E-state index contributed by atoms with van der Waals surface area (Å²) < 4.78 is 23.6. The minimum Gasteiger partial charge on any atom is -0.756 e. The van der Waals surface area contributed by atoms with Crippen LogP contribution in [0.3, 0.4) is 0 Å². The monoisotopic (exact) mass is 1350 g/mol. The third-order valence-electron chi connectivity index (χ3n) is 20.5. The highest BCUT2D eigenvalue weighted by Gasteiger charge is 2.23. The molecule has 0 fully saturated rings. The van der Waals surface area contributed by atoms with Gasteiger partial charge < -0.3 is 28.8 Å². The zero-order valence-electron chi connectivity index (χ0n) is 64.7. The molecule has 0 aromatic carbocycles. The Bertz CT molecular complexity index is 1540. The summed E-state index contributed by atoms with van der Waals surface area (Å²) in [4.78, 5) is 25.7. The van der Waals surface area contributed by atoms with Gasteiger partial charge in [-0.05, 0) is 19.3 Å². The lowest BCUT2D eigenvalue weighted by Gasteiger charge is -2.29. The zero-order valence-corrected chi connectivity index (χ0v) is 65.6. The van der Waals surface area contributed by atoms with Crippen molar-refractivity contribution in [2.75, 3.05) is 40.9 Å². The molecule has 0 aliphatic carbocycles. The highest BCUT2D eigenvalue weighted by Crippen LogP contribution is 2.38. The number of hydrogen-bond donors (Lipinski definition) is 2. The normalized spacial score (nSPS) is 13.4. The Hall–Kier alpha value is -0.760. The molecule has 0 radical (unpaired) electrons. The van der Waals surface area contributed by atoms with Gasteiger partial charge in [-0.15, -0.1) is 0 Å². The van der Waals surface area contributed by atoms with Crippen LogP contribution in [0.2, 0.25) is 0 Å². The molecule has 0 spiro atoms. The molecule has 0 heterocycles. The van der Waals surface area contributed by atoms with Crippen molar-refractivity contribution in [3.8, 4) is 0 Å². The summed E-state index contributed by atoms with van der Waals surface area (Å²) in [6, 6.07) is -0.885. The Morgan fingerprint density at radius 2 is 0.574 bits per heavy atom. The summed E-state index contributed by atoms with van der Waals surface area (Å²) in [5.41, 5.74) is 0. The van der Waals surface area contributed by atoms with Crippen molar-refractivity contribution in [3.05, 3.63) is 12.2 Å². The maximum absolute atomic E-state index is 13.1. The van der Waals surface area contributed by atoms with Crippen LogP contribution in [0.25, 0.3) is 0 Å². The van der Waals surface area contributed by atoms with Gasteiger partial charge in [0.2, 0.25) is 5.91 Å². The van der Waals surface area contributed by atoms with E-state index in [1.54, 1.807) is 6.08 Å². The fourth-order valence-electron chi connectivity index (χ4n) is 13.9. The first kappa shape index (κ1) is 93.2. The first-order valence-corrected chi connectivity index (χ1v) is 44.5. The average Bonchev–Trinajstić information content (AvgIpc) is 1.27. The van der Waals surface area contributed by atoms with Crippen LogP contribution in [-0.2, 0) is 18.4 Å². The Morgan fingerprint density at radius 3 is 0.798 bits per heavy atom. The number of carbonyl (C=O) groups is 1. The van der Waals surface area contributed by atoms with Crippen LogP contribution < -0.4 is 10.2 Å². The zero-order chi connectivity index (χ0) is 68.3. The molecule has 8 nitrogen and oxygen atoms in total. The summed E-state index contributed by atoms with van der Waals surface area (Å²) in [5, 5.41) is 14.0. The molecule has 0 rings (SSSR count). The predicted octanol–water partition coefficient (Wildman–Crippen LogP) is 27.7. The first-order valence-electron chi connectivity index (χ1n) is 43.1. The van der Waals surface area contributed by atoms with Crippen molar-refractivity contribution < 1.29 is 32.9 Å². The number of amides is 1. The van der Waals surface area contributed by atoms with Crippen LogP contribution in [0.4, 0.5) is 0 Å². The SMILES string of the molecule is CCCCCCCCCCCCCCCCCCCCCCCCCCCCCCC/C=C/C(O)C(COP(=O)([O-])OCC[N+](C)(C)C)NC(=O)CCCCCCCCCCCCCCCCCCCCCCCCCCCCCCCCCCCCCCCCCCC. The van der Waals surface area contributed by atoms with E-state index in [1.807, 2.05) is 27.2 Å². The van der Waals surface area contributed by atoms with Gasteiger partial charge in [0.05, 0.1) is 39.9 Å².